The lowest BCUT2D eigenvalue weighted by atomic mass is 9.92. The minimum Gasteiger partial charge on any atom is -0.339 e. The van der Waals surface area contributed by atoms with Crippen molar-refractivity contribution in [3.8, 4) is 0 Å². The van der Waals surface area contributed by atoms with Gasteiger partial charge in [-0.3, -0.25) is 4.79 Å². The lowest BCUT2D eigenvalue weighted by Gasteiger charge is -2.22. The molecule has 0 saturated carbocycles. The quantitative estimate of drug-likeness (QED) is 0.880. The Morgan fingerprint density at radius 1 is 1.17 bits per heavy atom. The number of carbonyl (C=O) groups is 1. The summed E-state index contributed by atoms with van der Waals surface area (Å²) in [6, 6.07) is 6.59. The lowest BCUT2D eigenvalue weighted by Crippen LogP contribution is -2.33. The van der Waals surface area contributed by atoms with Crippen LogP contribution in [-0.2, 0) is 9.84 Å². The Morgan fingerprint density at radius 3 is 2.33 bits per heavy atom. The Labute approximate surface area is 150 Å². The molecule has 2 fully saturated rings. The van der Waals surface area contributed by atoms with E-state index in [1.807, 2.05) is 4.90 Å². The molecule has 0 unspecified atom stereocenters. The third-order valence-corrected chi connectivity index (χ3v) is 6.93. The second-order valence-corrected chi connectivity index (χ2v) is 8.69. The molecule has 0 bridgehead atoms. The number of benzene rings is 1. The van der Waals surface area contributed by atoms with Gasteiger partial charge < -0.3 is 10.2 Å². The van der Waals surface area contributed by atoms with E-state index in [1.54, 1.807) is 31.2 Å². The molecule has 2 saturated heterocycles. The van der Waals surface area contributed by atoms with Gasteiger partial charge in [0.1, 0.15) is 0 Å². The summed E-state index contributed by atoms with van der Waals surface area (Å²) in [5.74, 6) is 1.14. The zero-order valence-electron chi connectivity index (χ0n) is 13.9. The van der Waals surface area contributed by atoms with Gasteiger partial charge in [0, 0.05) is 13.1 Å². The van der Waals surface area contributed by atoms with Gasteiger partial charge in [0.05, 0.1) is 16.2 Å². The number of sulfone groups is 1. The molecule has 1 aromatic carbocycles. The first-order valence-electron chi connectivity index (χ1n) is 8.34. The SMILES string of the molecule is CCS(=O)(=O)c1ccccc1C(=O)N1CC[C@@H]2CNC[C@@H]2CC1.Cl. The summed E-state index contributed by atoms with van der Waals surface area (Å²) in [7, 11) is -3.39. The third-order valence-electron chi connectivity index (χ3n) is 5.14. The number of amides is 1. The van der Waals surface area contributed by atoms with E-state index in [-0.39, 0.29) is 29.0 Å². The van der Waals surface area contributed by atoms with E-state index >= 15 is 0 Å². The van der Waals surface area contributed by atoms with Crippen molar-refractivity contribution in [2.24, 2.45) is 11.8 Å². The molecule has 24 heavy (non-hydrogen) atoms. The fourth-order valence-corrected chi connectivity index (χ4v) is 4.75. The number of hydrogen-bond acceptors (Lipinski definition) is 4. The maximum atomic E-state index is 12.9. The normalized spacial score (nSPS) is 24.0. The average molecular weight is 373 g/mol. The fraction of sp³-hybridized carbons (Fsp3) is 0.588. The van der Waals surface area contributed by atoms with Crippen LogP contribution in [0.1, 0.15) is 30.1 Å². The van der Waals surface area contributed by atoms with E-state index in [2.05, 4.69) is 5.32 Å². The van der Waals surface area contributed by atoms with Crippen LogP contribution in [0.3, 0.4) is 0 Å². The highest BCUT2D eigenvalue weighted by Gasteiger charge is 2.32. The average Bonchev–Trinajstić information content (AvgIpc) is 2.93. The molecular weight excluding hydrogens is 348 g/mol. The molecule has 0 aliphatic carbocycles. The maximum Gasteiger partial charge on any atom is 0.255 e. The second-order valence-electron chi connectivity index (χ2n) is 6.45. The van der Waals surface area contributed by atoms with Crippen molar-refractivity contribution < 1.29 is 13.2 Å². The van der Waals surface area contributed by atoms with E-state index in [0.717, 1.165) is 25.9 Å². The number of carbonyl (C=O) groups excluding carboxylic acids is 1. The van der Waals surface area contributed by atoms with Crippen LogP contribution in [0.5, 0.6) is 0 Å². The Kier molecular flexibility index (Phi) is 6.28. The largest absolute Gasteiger partial charge is 0.339 e. The second kappa shape index (κ2) is 7.85. The highest BCUT2D eigenvalue weighted by molar-refractivity contribution is 7.91. The number of nitrogens with zero attached hydrogens (tertiary/aromatic N) is 1. The van der Waals surface area contributed by atoms with Crippen LogP contribution in [0.4, 0.5) is 0 Å². The molecule has 2 aliphatic rings. The van der Waals surface area contributed by atoms with E-state index in [9.17, 15) is 13.2 Å². The number of hydrogen-bond donors (Lipinski definition) is 1. The van der Waals surface area contributed by atoms with Crippen molar-refractivity contribution in [2.45, 2.75) is 24.7 Å². The molecule has 2 aliphatic heterocycles. The van der Waals surface area contributed by atoms with Gasteiger partial charge in [0.15, 0.2) is 9.84 Å². The van der Waals surface area contributed by atoms with Gasteiger partial charge in [-0.1, -0.05) is 19.1 Å². The lowest BCUT2D eigenvalue weighted by molar-refractivity contribution is 0.0754. The molecule has 134 valence electrons. The molecule has 0 aromatic heterocycles. The van der Waals surface area contributed by atoms with Gasteiger partial charge in [-0.25, -0.2) is 8.42 Å². The van der Waals surface area contributed by atoms with Gasteiger partial charge in [0.2, 0.25) is 0 Å². The fourth-order valence-electron chi connectivity index (χ4n) is 3.66. The summed E-state index contributed by atoms with van der Waals surface area (Å²) in [5, 5.41) is 3.42. The van der Waals surface area contributed by atoms with Crippen LogP contribution in [0, 0.1) is 11.8 Å². The molecule has 1 aromatic rings. The molecule has 2 heterocycles. The summed E-state index contributed by atoms with van der Waals surface area (Å²) < 4.78 is 24.5. The highest BCUT2D eigenvalue weighted by atomic mass is 35.5. The number of fused-ring (bicyclic) bond motifs is 1. The van der Waals surface area contributed by atoms with Crippen molar-refractivity contribution in [3.63, 3.8) is 0 Å². The predicted octanol–water partition coefficient (Wildman–Crippen LogP) is 1.97. The molecule has 1 amide bonds. The number of halogens is 1. The third kappa shape index (κ3) is 3.76. The molecular formula is C17H25ClN2O3S. The summed E-state index contributed by atoms with van der Waals surface area (Å²) in [5.41, 5.74) is 0.319. The smallest absolute Gasteiger partial charge is 0.255 e. The Bertz CT molecular complexity index is 679. The zero-order chi connectivity index (χ0) is 16.4. The molecule has 2 atom stereocenters. The van der Waals surface area contributed by atoms with E-state index in [1.165, 1.54) is 0 Å². The minimum atomic E-state index is -3.39. The number of rotatable bonds is 3. The van der Waals surface area contributed by atoms with Gasteiger partial charge in [-0.15, -0.1) is 12.4 Å². The number of likely N-dealkylation sites (tertiary alicyclic amines) is 1. The van der Waals surface area contributed by atoms with Crippen LogP contribution >= 0.6 is 12.4 Å². The summed E-state index contributed by atoms with van der Waals surface area (Å²) in [4.78, 5) is 14.9. The first kappa shape index (κ1) is 19.2. The van der Waals surface area contributed by atoms with E-state index < -0.39 is 9.84 Å². The first-order valence-corrected chi connectivity index (χ1v) is 10.00. The predicted molar refractivity (Wildman–Crippen MR) is 96.4 cm³/mol. The van der Waals surface area contributed by atoms with Crippen LogP contribution in [0.25, 0.3) is 0 Å². The van der Waals surface area contributed by atoms with Crippen molar-refractivity contribution in [1.29, 1.82) is 0 Å². The molecule has 0 spiro atoms. The van der Waals surface area contributed by atoms with Gasteiger partial charge in [0.25, 0.3) is 5.91 Å². The van der Waals surface area contributed by atoms with Crippen LogP contribution in [-0.4, -0.2) is 51.2 Å². The molecule has 3 rings (SSSR count). The van der Waals surface area contributed by atoms with Gasteiger partial charge in [-0.05, 0) is 49.9 Å². The van der Waals surface area contributed by atoms with Crippen molar-refractivity contribution in [2.75, 3.05) is 31.9 Å². The van der Waals surface area contributed by atoms with E-state index in [0.29, 0.717) is 30.5 Å². The standard InChI is InChI=1S/C17H24N2O3S.ClH/c1-2-23(21,22)16-6-4-3-5-15(16)17(20)19-9-7-13-11-18-12-14(13)8-10-19;/h3-6,13-14,18H,2,7-12H2,1H3;1H/t13-,14+;. The minimum absolute atomic E-state index is 0. The Hall–Kier alpha value is -1.11. The number of nitrogens with one attached hydrogen (secondary N) is 1. The molecule has 5 nitrogen and oxygen atoms in total. The van der Waals surface area contributed by atoms with Crippen molar-refractivity contribution in [1.82, 2.24) is 10.2 Å². The van der Waals surface area contributed by atoms with Crippen molar-refractivity contribution in [3.05, 3.63) is 29.8 Å². The van der Waals surface area contributed by atoms with Gasteiger partial charge >= 0.3 is 0 Å². The summed E-state index contributed by atoms with van der Waals surface area (Å²) in [6.07, 6.45) is 1.98. The summed E-state index contributed by atoms with van der Waals surface area (Å²) in [6.45, 7) is 5.10. The maximum absolute atomic E-state index is 12.9. The molecule has 7 heteroatoms. The summed E-state index contributed by atoms with van der Waals surface area (Å²) >= 11 is 0. The molecule has 0 radical (unpaired) electrons. The molecule has 1 N–H and O–H groups in total. The monoisotopic (exact) mass is 372 g/mol. The van der Waals surface area contributed by atoms with Crippen molar-refractivity contribution >= 4 is 28.2 Å². The highest BCUT2D eigenvalue weighted by Crippen LogP contribution is 2.28. The first-order chi connectivity index (χ1) is 11.0. The van der Waals surface area contributed by atoms with Crippen LogP contribution < -0.4 is 5.32 Å². The Balaban J connectivity index is 0.00000208. The zero-order valence-corrected chi connectivity index (χ0v) is 15.5. The van der Waals surface area contributed by atoms with Crippen LogP contribution in [0.15, 0.2) is 29.2 Å². The van der Waals surface area contributed by atoms with E-state index in [4.69, 9.17) is 0 Å². The topological polar surface area (TPSA) is 66.5 Å². The van der Waals surface area contributed by atoms with Gasteiger partial charge in [-0.2, -0.15) is 0 Å². The van der Waals surface area contributed by atoms with Crippen LogP contribution in [0.2, 0.25) is 0 Å². The Morgan fingerprint density at radius 2 is 1.75 bits per heavy atom.